The van der Waals surface area contributed by atoms with Gasteiger partial charge in [0.25, 0.3) is 0 Å². The topological polar surface area (TPSA) is 55.5 Å². The maximum Gasteiger partial charge on any atom is 0.139 e. The van der Waals surface area contributed by atoms with E-state index in [-0.39, 0.29) is 0 Å². The summed E-state index contributed by atoms with van der Waals surface area (Å²) >= 11 is 1.80. The lowest BCUT2D eigenvalue weighted by Gasteiger charge is -2.35. The predicted octanol–water partition coefficient (Wildman–Crippen LogP) is 5.19. The lowest BCUT2D eigenvalue weighted by atomic mass is 10.0. The molecule has 6 rings (SSSR count). The molecule has 3 N–H and O–H groups in total. The van der Waals surface area contributed by atoms with E-state index in [2.05, 4.69) is 88.2 Å². The Bertz CT molecular complexity index is 1280. The van der Waals surface area contributed by atoms with Crippen LogP contribution in [0, 0.1) is 6.92 Å². The van der Waals surface area contributed by atoms with Gasteiger partial charge in [-0.05, 0) is 43.2 Å². The Labute approximate surface area is 185 Å². The van der Waals surface area contributed by atoms with Gasteiger partial charge in [-0.2, -0.15) is 0 Å². The lowest BCUT2D eigenvalue weighted by Crippen LogP contribution is -2.53. The standard InChI is InChI=1S/C25H25N5S/c1-16-12-20-24(28-22-8-4-5-9-23(22)29-25(20)31-16)30-11-10-26-18(15-30)13-17-14-27-21-7-3-2-6-19(17)21/h2-9,12,14,18,26-27,29H,10-11,13,15H2,1H3/t18-/m0/s1. The molecule has 2 aromatic heterocycles. The molecule has 5 nitrogen and oxygen atoms in total. The molecule has 2 aliphatic heterocycles. The van der Waals surface area contributed by atoms with Gasteiger partial charge >= 0.3 is 0 Å². The van der Waals surface area contributed by atoms with Gasteiger partial charge in [0.15, 0.2) is 0 Å². The van der Waals surface area contributed by atoms with Crippen LogP contribution < -0.4 is 10.6 Å². The molecule has 0 amide bonds. The van der Waals surface area contributed by atoms with Crippen LogP contribution in [-0.4, -0.2) is 41.4 Å². The molecule has 0 spiro atoms. The molecule has 2 aromatic carbocycles. The summed E-state index contributed by atoms with van der Waals surface area (Å²) in [5.74, 6) is 1.09. The first kappa shape index (κ1) is 18.7. The first-order valence-corrected chi connectivity index (χ1v) is 11.6. The Morgan fingerprint density at radius 2 is 2.00 bits per heavy atom. The highest BCUT2D eigenvalue weighted by Gasteiger charge is 2.28. The monoisotopic (exact) mass is 427 g/mol. The van der Waals surface area contributed by atoms with Crippen LogP contribution in [0.3, 0.4) is 0 Å². The number of para-hydroxylation sites is 3. The number of amidine groups is 1. The van der Waals surface area contributed by atoms with Gasteiger partial charge in [0.05, 0.1) is 16.9 Å². The SMILES string of the molecule is Cc1cc2c(s1)Nc1ccccc1N=C2N1CCN[C@@H](Cc2c[nH]c3ccccc23)C1. The molecular formula is C25H25N5S. The van der Waals surface area contributed by atoms with Crippen LogP contribution >= 0.6 is 11.3 Å². The maximum atomic E-state index is 5.15. The van der Waals surface area contributed by atoms with Crippen LogP contribution in [0.1, 0.15) is 16.0 Å². The van der Waals surface area contributed by atoms with Crippen molar-refractivity contribution in [3.8, 4) is 0 Å². The highest BCUT2D eigenvalue weighted by Crippen LogP contribution is 2.39. The zero-order chi connectivity index (χ0) is 20.8. The van der Waals surface area contributed by atoms with Gasteiger partial charge in [-0.1, -0.05) is 30.3 Å². The fourth-order valence-electron chi connectivity index (χ4n) is 4.71. The summed E-state index contributed by atoms with van der Waals surface area (Å²) in [4.78, 5) is 12.3. The van der Waals surface area contributed by atoms with Gasteiger partial charge < -0.3 is 20.5 Å². The van der Waals surface area contributed by atoms with Gasteiger partial charge in [-0.15, -0.1) is 11.3 Å². The number of aliphatic imine (C=N–C) groups is 1. The molecule has 4 aromatic rings. The Kier molecular flexibility index (Phi) is 4.55. The molecule has 0 bridgehead atoms. The first-order chi connectivity index (χ1) is 15.2. The van der Waals surface area contributed by atoms with Crippen molar-refractivity contribution in [2.45, 2.75) is 19.4 Å². The van der Waals surface area contributed by atoms with Crippen molar-refractivity contribution in [2.75, 3.05) is 25.0 Å². The van der Waals surface area contributed by atoms with E-state index >= 15 is 0 Å². The zero-order valence-corrected chi connectivity index (χ0v) is 18.3. The van der Waals surface area contributed by atoms with Crippen LogP contribution in [-0.2, 0) is 6.42 Å². The second-order valence-electron chi connectivity index (χ2n) is 8.34. The number of aromatic nitrogens is 1. The Morgan fingerprint density at radius 1 is 1.13 bits per heavy atom. The molecule has 1 saturated heterocycles. The summed E-state index contributed by atoms with van der Waals surface area (Å²) in [6, 6.07) is 19.5. The minimum atomic E-state index is 0.380. The number of nitrogens with one attached hydrogen (secondary N) is 3. The number of anilines is 2. The predicted molar refractivity (Wildman–Crippen MR) is 130 cm³/mol. The van der Waals surface area contributed by atoms with Crippen LogP contribution in [0.25, 0.3) is 10.9 Å². The molecular weight excluding hydrogens is 402 g/mol. The quantitative estimate of drug-likeness (QED) is 0.413. The molecule has 1 fully saturated rings. The summed E-state index contributed by atoms with van der Waals surface area (Å²) in [7, 11) is 0. The summed E-state index contributed by atoms with van der Waals surface area (Å²) in [5.41, 5.74) is 5.87. The van der Waals surface area contributed by atoms with Crippen molar-refractivity contribution >= 4 is 44.5 Å². The largest absolute Gasteiger partial charge is 0.361 e. The Balaban J connectivity index is 1.32. The fourth-order valence-corrected chi connectivity index (χ4v) is 5.63. The number of hydrogen-bond donors (Lipinski definition) is 3. The number of hydrogen-bond acceptors (Lipinski definition) is 5. The normalized spacial score (nSPS) is 18.2. The van der Waals surface area contributed by atoms with Gasteiger partial charge in [0, 0.05) is 47.7 Å². The number of fused-ring (bicyclic) bond motifs is 3. The Hall–Kier alpha value is -3.09. The van der Waals surface area contributed by atoms with Crippen molar-refractivity contribution in [2.24, 2.45) is 4.99 Å². The molecule has 1 atom stereocenters. The number of rotatable bonds is 2. The average Bonchev–Trinajstić information content (AvgIpc) is 3.32. The highest BCUT2D eigenvalue weighted by molar-refractivity contribution is 7.16. The number of H-pyrrole nitrogens is 1. The van der Waals surface area contributed by atoms with E-state index in [1.807, 2.05) is 0 Å². The maximum absolute atomic E-state index is 5.15. The molecule has 2 aliphatic rings. The van der Waals surface area contributed by atoms with Crippen molar-refractivity contribution in [1.82, 2.24) is 15.2 Å². The fraction of sp³-hybridized carbons (Fsp3) is 0.240. The minimum Gasteiger partial charge on any atom is -0.361 e. The number of thiophene rings is 1. The molecule has 156 valence electrons. The summed E-state index contributed by atoms with van der Waals surface area (Å²) < 4.78 is 0. The molecule has 0 radical (unpaired) electrons. The number of piperazine rings is 1. The molecule has 0 saturated carbocycles. The molecule has 4 heterocycles. The highest BCUT2D eigenvalue weighted by atomic mass is 32.1. The van der Waals surface area contributed by atoms with E-state index in [1.165, 1.54) is 31.9 Å². The van der Waals surface area contributed by atoms with E-state index in [9.17, 15) is 0 Å². The summed E-state index contributed by atoms with van der Waals surface area (Å²) in [6.45, 7) is 5.02. The van der Waals surface area contributed by atoms with E-state index in [0.717, 1.165) is 43.3 Å². The van der Waals surface area contributed by atoms with Crippen molar-refractivity contribution in [1.29, 1.82) is 0 Å². The second-order valence-corrected chi connectivity index (χ2v) is 9.59. The van der Waals surface area contributed by atoms with Crippen LogP contribution in [0.15, 0.2) is 65.8 Å². The van der Waals surface area contributed by atoms with E-state index in [1.54, 1.807) is 11.3 Å². The van der Waals surface area contributed by atoms with E-state index < -0.39 is 0 Å². The minimum absolute atomic E-state index is 0.380. The van der Waals surface area contributed by atoms with Gasteiger partial charge in [0.1, 0.15) is 10.8 Å². The van der Waals surface area contributed by atoms with Gasteiger partial charge in [-0.25, -0.2) is 4.99 Å². The number of aryl methyl sites for hydroxylation is 1. The van der Waals surface area contributed by atoms with Crippen molar-refractivity contribution in [3.63, 3.8) is 0 Å². The van der Waals surface area contributed by atoms with E-state index in [0.29, 0.717) is 6.04 Å². The summed E-state index contributed by atoms with van der Waals surface area (Å²) in [6.07, 6.45) is 3.16. The second kappa shape index (κ2) is 7.55. The smallest absolute Gasteiger partial charge is 0.139 e. The van der Waals surface area contributed by atoms with Gasteiger partial charge in [0.2, 0.25) is 0 Å². The van der Waals surface area contributed by atoms with Crippen molar-refractivity contribution in [3.05, 3.63) is 76.8 Å². The van der Waals surface area contributed by atoms with Crippen LogP contribution in [0.5, 0.6) is 0 Å². The molecule has 31 heavy (non-hydrogen) atoms. The number of nitrogens with zero attached hydrogens (tertiary/aromatic N) is 2. The third-order valence-electron chi connectivity index (χ3n) is 6.17. The van der Waals surface area contributed by atoms with E-state index in [4.69, 9.17) is 4.99 Å². The first-order valence-electron chi connectivity index (χ1n) is 10.8. The Morgan fingerprint density at radius 3 is 2.97 bits per heavy atom. The number of aromatic amines is 1. The third-order valence-corrected chi connectivity index (χ3v) is 7.14. The molecule has 0 unspecified atom stereocenters. The lowest BCUT2D eigenvalue weighted by molar-refractivity contribution is 0.291. The van der Waals surface area contributed by atoms with Crippen LogP contribution in [0.4, 0.5) is 16.4 Å². The van der Waals surface area contributed by atoms with Crippen molar-refractivity contribution < 1.29 is 0 Å². The summed E-state index contributed by atoms with van der Waals surface area (Å²) in [5, 5.41) is 9.86. The molecule has 6 heteroatoms. The molecule has 0 aliphatic carbocycles. The zero-order valence-electron chi connectivity index (χ0n) is 17.5. The van der Waals surface area contributed by atoms with Crippen LogP contribution in [0.2, 0.25) is 0 Å². The third kappa shape index (κ3) is 3.42. The number of benzene rings is 2. The van der Waals surface area contributed by atoms with Gasteiger partial charge in [-0.3, -0.25) is 0 Å². The average molecular weight is 428 g/mol.